The summed E-state index contributed by atoms with van der Waals surface area (Å²) < 4.78 is 2.63. The molecule has 0 radical (unpaired) electrons. The summed E-state index contributed by atoms with van der Waals surface area (Å²) in [5.74, 6) is 0. The molecule has 2 aromatic heterocycles. The standard InChI is InChI=1S/C62H62BN3S2/c1-59(2,3)41-24-28-45(29-25-41)65-50-30-26-42(60(4,5)6)34-49(50)63-48-31-40-33-57(62(10,11)12)68-55(40)38-51(48)66(46-27-23-39-32-56(61(7,8)9)67-54(39)37-46)53-36-47(35-52(65)58(53)63)64(43-19-15-13-16-20-43)44-21-17-14-18-22-44/h13-38H,1-12H3. The number of fused-ring (bicyclic) bond motifs is 6. The average Bonchev–Trinajstić information content (AvgIpc) is 3.93. The van der Waals surface area contributed by atoms with Crippen molar-refractivity contribution in [3.63, 3.8) is 0 Å². The molecular formula is C62H62BN3S2. The molecule has 9 aromatic rings. The second-order valence-corrected chi connectivity index (χ2v) is 25.4. The normalized spacial score (nSPS) is 13.8. The Balaban J connectivity index is 1.28. The molecule has 2 aliphatic rings. The maximum Gasteiger partial charge on any atom is 0.252 e. The number of anilines is 9. The highest BCUT2D eigenvalue weighted by Gasteiger charge is 2.45. The molecule has 0 saturated heterocycles. The van der Waals surface area contributed by atoms with Crippen LogP contribution in [-0.2, 0) is 21.7 Å². The summed E-state index contributed by atoms with van der Waals surface area (Å²) >= 11 is 3.87. The molecule has 0 N–H and O–H groups in total. The Kier molecular flexibility index (Phi) is 10.3. The molecule has 0 aliphatic carbocycles. The Morgan fingerprint density at radius 2 is 0.882 bits per heavy atom. The van der Waals surface area contributed by atoms with Gasteiger partial charge in [-0.1, -0.05) is 156 Å². The number of thiophene rings is 2. The van der Waals surface area contributed by atoms with Crippen LogP contribution in [0.4, 0.5) is 51.2 Å². The van der Waals surface area contributed by atoms with Gasteiger partial charge in [-0.2, -0.15) is 0 Å². The van der Waals surface area contributed by atoms with Crippen LogP contribution in [0.25, 0.3) is 20.2 Å². The average molecular weight is 924 g/mol. The first kappa shape index (κ1) is 44.4. The van der Waals surface area contributed by atoms with Gasteiger partial charge in [0.2, 0.25) is 0 Å². The third kappa shape index (κ3) is 7.56. The zero-order valence-electron chi connectivity index (χ0n) is 41.7. The number of hydrogen-bond acceptors (Lipinski definition) is 5. The predicted octanol–water partition coefficient (Wildman–Crippen LogP) is 16.9. The Morgan fingerprint density at radius 3 is 1.44 bits per heavy atom. The fourth-order valence-corrected chi connectivity index (χ4v) is 12.6. The Labute approximate surface area is 412 Å². The van der Waals surface area contributed by atoms with Gasteiger partial charge >= 0.3 is 0 Å². The Hall–Kier alpha value is -6.08. The van der Waals surface area contributed by atoms with Gasteiger partial charge in [-0.15, -0.1) is 22.7 Å². The van der Waals surface area contributed by atoms with Crippen LogP contribution in [0.15, 0.2) is 158 Å². The molecule has 0 unspecified atom stereocenters. The molecule has 4 heterocycles. The molecule has 11 rings (SSSR count). The van der Waals surface area contributed by atoms with Crippen molar-refractivity contribution in [1.82, 2.24) is 0 Å². The van der Waals surface area contributed by atoms with Gasteiger partial charge in [0.25, 0.3) is 6.71 Å². The van der Waals surface area contributed by atoms with Crippen LogP contribution in [-0.4, -0.2) is 6.71 Å². The van der Waals surface area contributed by atoms with Crippen molar-refractivity contribution in [3.05, 3.63) is 179 Å². The number of hydrogen-bond donors (Lipinski definition) is 0. The van der Waals surface area contributed by atoms with Crippen LogP contribution in [0.5, 0.6) is 0 Å². The molecular weight excluding hydrogens is 862 g/mol. The number of nitrogens with zero attached hydrogens (tertiary/aromatic N) is 3. The second kappa shape index (κ2) is 15.7. The third-order valence-electron chi connectivity index (χ3n) is 14.1. The molecule has 0 atom stereocenters. The first-order chi connectivity index (χ1) is 32.2. The van der Waals surface area contributed by atoms with E-state index in [2.05, 4.69) is 256 Å². The molecule has 68 heavy (non-hydrogen) atoms. The number of benzene rings is 7. The van der Waals surface area contributed by atoms with Crippen molar-refractivity contribution in [2.75, 3.05) is 14.7 Å². The van der Waals surface area contributed by atoms with Crippen LogP contribution in [0, 0.1) is 0 Å². The highest BCUT2D eigenvalue weighted by Crippen LogP contribution is 2.50. The highest BCUT2D eigenvalue weighted by atomic mass is 32.1. The molecule has 3 nitrogen and oxygen atoms in total. The van der Waals surface area contributed by atoms with Crippen molar-refractivity contribution < 1.29 is 0 Å². The number of para-hydroxylation sites is 2. The van der Waals surface area contributed by atoms with Gasteiger partial charge < -0.3 is 14.7 Å². The summed E-state index contributed by atoms with van der Waals surface area (Å²) in [5, 5.41) is 2.61. The summed E-state index contributed by atoms with van der Waals surface area (Å²) in [6, 6.07) is 60.6. The van der Waals surface area contributed by atoms with Crippen molar-refractivity contribution in [3.8, 4) is 0 Å². The molecule has 2 aliphatic heterocycles. The van der Waals surface area contributed by atoms with E-state index in [1.807, 2.05) is 22.7 Å². The quantitative estimate of drug-likeness (QED) is 0.159. The fraction of sp³-hybridized carbons (Fsp3) is 0.258. The van der Waals surface area contributed by atoms with E-state index < -0.39 is 0 Å². The lowest BCUT2D eigenvalue weighted by molar-refractivity contribution is 0.590. The van der Waals surface area contributed by atoms with Crippen LogP contribution in [0.3, 0.4) is 0 Å². The molecule has 0 saturated carbocycles. The lowest BCUT2D eigenvalue weighted by atomic mass is 9.33. The zero-order chi connectivity index (χ0) is 47.7. The van der Waals surface area contributed by atoms with E-state index in [9.17, 15) is 0 Å². The van der Waals surface area contributed by atoms with Crippen LogP contribution < -0.4 is 31.1 Å². The van der Waals surface area contributed by atoms with E-state index in [1.54, 1.807) is 0 Å². The van der Waals surface area contributed by atoms with E-state index >= 15 is 0 Å². The maximum atomic E-state index is 2.62. The van der Waals surface area contributed by atoms with Crippen LogP contribution in [0.2, 0.25) is 0 Å². The summed E-state index contributed by atoms with van der Waals surface area (Å²) in [4.78, 5) is 10.4. The molecule has 0 bridgehead atoms. The van der Waals surface area contributed by atoms with E-state index in [1.165, 1.54) is 85.9 Å². The zero-order valence-corrected chi connectivity index (χ0v) is 43.4. The lowest BCUT2D eigenvalue weighted by Crippen LogP contribution is -2.61. The van der Waals surface area contributed by atoms with E-state index in [4.69, 9.17) is 0 Å². The molecule has 340 valence electrons. The lowest BCUT2D eigenvalue weighted by Gasteiger charge is -2.45. The van der Waals surface area contributed by atoms with Gasteiger partial charge in [0, 0.05) is 64.7 Å². The molecule has 7 aromatic carbocycles. The SMILES string of the molecule is CC(C)(C)c1ccc(N2c3ccc(C(C)(C)C)cc3B3c4cc5cc(C(C)(C)C)sc5cc4N(c4ccc5cc(C(C)(C)C)sc5c4)c4cc(N(c5ccccc5)c5ccccc5)cc2c43)cc1. The van der Waals surface area contributed by atoms with Gasteiger partial charge in [0.15, 0.2) is 0 Å². The number of rotatable bonds is 5. The van der Waals surface area contributed by atoms with Crippen LogP contribution in [0.1, 0.15) is 104 Å². The first-order valence-electron chi connectivity index (χ1n) is 24.3. The largest absolute Gasteiger partial charge is 0.311 e. The molecule has 6 heteroatoms. The second-order valence-electron chi connectivity index (χ2n) is 23.2. The minimum Gasteiger partial charge on any atom is -0.311 e. The van der Waals surface area contributed by atoms with Gasteiger partial charge in [-0.05, 0) is 145 Å². The van der Waals surface area contributed by atoms with Crippen molar-refractivity contribution in [2.24, 2.45) is 0 Å². The van der Waals surface area contributed by atoms with Crippen molar-refractivity contribution in [2.45, 2.75) is 105 Å². The fourth-order valence-electron chi connectivity index (χ4n) is 10.3. The minimum absolute atomic E-state index is 0.0232. The maximum absolute atomic E-state index is 2.62. The topological polar surface area (TPSA) is 9.72 Å². The van der Waals surface area contributed by atoms with E-state index in [-0.39, 0.29) is 28.4 Å². The predicted molar refractivity (Wildman–Crippen MR) is 301 cm³/mol. The van der Waals surface area contributed by atoms with E-state index in [0.717, 1.165) is 22.7 Å². The summed E-state index contributed by atoms with van der Waals surface area (Å²) in [7, 11) is 0. The van der Waals surface area contributed by atoms with Gasteiger partial charge in [0.1, 0.15) is 0 Å². The monoisotopic (exact) mass is 923 g/mol. The molecule has 0 amide bonds. The van der Waals surface area contributed by atoms with Crippen molar-refractivity contribution >= 4 is 117 Å². The third-order valence-corrected chi connectivity index (χ3v) is 17.1. The van der Waals surface area contributed by atoms with Crippen LogP contribution >= 0.6 is 22.7 Å². The van der Waals surface area contributed by atoms with Gasteiger partial charge in [-0.3, -0.25) is 0 Å². The van der Waals surface area contributed by atoms with Crippen molar-refractivity contribution in [1.29, 1.82) is 0 Å². The Bertz CT molecular complexity index is 3350. The van der Waals surface area contributed by atoms with E-state index in [0.29, 0.717) is 0 Å². The summed E-state index contributed by atoms with van der Waals surface area (Å²) in [5.41, 5.74) is 17.3. The summed E-state index contributed by atoms with van der Waals surface area (Å²) in [6.07, 6.45) is 0. The highest BCUT2D eigenvalue weighted by molar-refractivity contribution is 7.19. The smallest absolute Gasteiger partial charge is 0.252 e. The van der Waals surface area contributed by atoms with Gasteiger partial charge in [0.05, 0.1) is 5.69 Å². The minimum atomic E-state index is -0.0441. The Morgan fingerprint density at radius 1 is 0.382 bits per heavy atom. The first-order valence-corrected chi connectivity index (χ1v) is 25.9. The molecule has 0 fully saturated rings. The summed E-state index contributed by atoms with van der Waals surface area (Å²) in [6.45, 7) is 27.9. The van der Waals surface area contributed by atoms with Gasteiger partial charge in [-0.25, -0.2) is 0 Å². The molecule has 0 spiro atoms.